The van der Waals surface area contributed by atoms with E-state index in [1.165, 1.54) is 0 Å². The monoisotopic (exact) mass is 400 g/mol. The van der Waals surface area contributed by atoms with Crippen molar-refractivity contribution in [3.8, 4) is 0 Å². The first-order valence-electron chi connectivity index (χ1n) is 10.1. The summed E-state index contributed by atoms with van der Waals surface area (Å²) in [4.78, 5) is 43.3. The van der Waals surface area contributed by atoms with E-state index < -0.39 is 0 Å². The maximum atomic E-state index is 12.7. The van der Waals surface area contributed by atoms with Crippen molar-refractivity contribution in [3.63, 3.8) is 0 Å². The van der Waals surface area contributed by atoms with Crippen molar-refractivity contribution in [1.82, 2.24) is 29.7 Å². The smallest absolute Gasteiger partial charge is 0.278 e. The molecule has 0 spiro atoms. The van der Waals surface area contributed by atoms with E-state index in [-0.39, 0.29) is 23.9 Å². The molecular weight excluding hydrogens is 372 g/mol. The Kier molecular flexibility index (Phi) is 6.92. The Balaban J connectivity index is 1.61. The van der Waals surface area contributed by atoms with Crippen LogP contribution >= 0.6 is 0 Å². The van der Waals surface area contributed by atoms with E-state index in [0.29, 0.717) is 50.2 Å². The topological polar surface area (TPSA) is 91.6 Å². The van der Waals surface area contributed by atoms with Gasteiger partial charge in [-0.3, -0.25) is 19.3 Å². The predicted molar refractivity (Wildman–Crippen MR) is 109 cm³/mol. The summed E-state index contributed by atoms with van der Waals surface area (Å²) in [7, 11) is 0. The minimum Gasteiger partial charge on any atom is -0.342 e. The number of hydrogen-bond acceptors (Lipinski definition) is 6. The van der Waals surface area contributed by atoms with E-state index >= 15 is 0 Å². The van der Waals surface area contributed by atoms with E-state index in [2.05, 4.69) is 15.2 Å². The van der Waals surface area contributed by atoms with Crippen molar-refractivity contribution >= 4 is 22.7 Å². The SMILES string of the molecule is CCN(CC)C(=O)CN1CCCN(C(=O)Cn2nnc3ccccc3c2=O)CC1. The summed E-state index contributed by atoms with van der Waals surface area (Å²) in [5.41, 5.74) is 0.203. The lowest BCUT2D eigenvalue weighted by molar-refractivity contribution is -0.132. The number of fused-ring (bicyclic) bond motifs is 1. The van der Waals surface area contributed by atoms with Crippen molar-refractivity contribution in [3.05, 3.63) is 34.6 Å². The summed E-state index contributed by atoms with van der Waals surface area (Å²) in [6.45, 7) is 8.14. The number of benzene rings is 1. The van der Waals surface area contributed by atoms with Crippen LogP contribution in [0.2, 0.25) is 0 Å². The molecule has 1 aromatic carbocycles. The highest BCUT2D eigenvalue weighted by Crippen LogP contribution is 2.07. The second-order valence-corrected chi connectivity index (χ2v) is 7.15. The van der Waals surface area contributed by atoms with Crippen LogP contribution in [-0.4, -0.2) is 87.3 Å². The van der Waals surface area contributed by atoms with Gasteiger partial charge in [-0.1, -0.05) is 17.3 Å². The van der Waals surface area contributed by atoms with Crippen LogP contribution in [0.4, 0.5) is 0 Å². The average Bonchev–Trinajstić information content (AvgIpc) is 2.97. The summed E-state index contributed by atoms with van der Waals surface area (Å²) in [6, 6.07) is 6.96. The van der Waals surface area contributed by atoms with Crippen LogP contribution in [0.25, 0.3) is 10.9 Å². The Morgan fingerprint density at radius 2 is 1.79 bits per heavy atom. The molecule has 1 aromatic heterocycles. The quantitative estimate of drug-likeness (QED) is 0.688. The van der Waals surface area contributed by atoms with Gasteiger partial charge in [0.25, 0.3) is 5.56 Å². The van der Waals surface area contributed by atoms with Crippen LogP contribution in [0, 0.1) is 0 Å². The molecule has 0 saturated carbocycles. The van der Waals surface area contributed by atoms with Crippen LogP contribution in [-0.2, 0) is 16.1 Å². The van der Waals surface area contributed by atoms with Crippen LogP contribution in [0.1, 0.15) is 20.3 Å². The standard InChI is InChI=1S/C20H28N6O3/c1-3-24(4-2)18(27)14-23-10-7-11-25(13-12-23)19(28)15-26-20(29)16-8-5-6-9-17(16)21-22-26/h5-6,8-9H,3-4,7,10-15H2,1-2H3. The summed E-state index contributed by atoms with van der Waals surface area (Å²) in [5.74, 6) is -0.0404. The third-order valence-electron chi connectivity index (χ3n) is 5.33. The lowest BCUT2D eigenvalue weighted by Crippen LogP contribution is -2.42. The minimum atomic E-state index is -0.315. The number of aromatic nitrogens is 3. The Hall–Kier alpha value is -2.81. The molecule has 29 heavy (non-hydrogen) atoms. The predicted octanol–water partition coefficient (Wildman–Crippen LogP) is 0.194. The van der Waals surface area contributed by atoms with Crippen molar-refractivity contribution < 1.29 is 9.59 Å². The molecule has 156 valence electrons. The molecule has 2 aromatic rings. The summed E-state index contributed by atoms with van der Waals surface area (Å²) >= 11 is 0. The molecule has 3 rings (SSSR count). The molecule has 9 nitrogen and oxygen atoms in total. The largest absolute Gasteiger partial charge is 0.342 e. The normalized spacial score (nSPS) is 15.3. The van der Waals surface area contributed by atoms with E-state index in [1.807, 2.05) is 18.7 Å². The van der Waals surface area contributed by atoms with Gasteiger partial charge in [-0.2, -0.15) is 0 Å². The summed E-state index contributed by atoms with van der Waals surface area (Å²) < 4.78 is 1.12. The first kappa shape index (κ1) is 20.9. The summed E-state index contributed by atoms with van der Waals surface area (Å²) in [5, 5.41) is 8.38. The number of rotatable bonds is 6. The zero-order valence-electron chi connectivity index (χ0n) is 17.1. The van der Waals surface area contributed by atoms with Gasteiger partial charge in [-0.15, -0.1) is 5.10 Å². The fourth-order valence-corrected chi connectivity index (χ4v) is 3.60. The minimum absolute atomic E-state index is 0.118. The Morgan fingerprint density at radius 3 is 2.55 bits per heavy atom. The van der Waals surface area contributed by atoms with Gasteiger partial charge in [0, 0.05) is 39.3 Å². The van der Waals surface area contributed by atoms with Crippen molar-refractivity contribution in [2.24, 2.45) is 0 Å². The molecule has 2 amide bonds. The maximum Gasteiger partial charge on any atom is 0.278 e. The zero-order chi connectivity index (χ0) is 20.8. The second kappa shape index (κ2) is 9.60. The average molecular weight is 400 g/mol. The van der Waals surface area contributed by atoms with Crippen molar-refractivity contribution in [1.29, 1.82) is 0 Å². The van der Waals surface area contributed by atoms with Crippen LogP contribution in [0.5, 0.6) is 0 Å². The van der Waals surface area contributed by atoms with E-state index in [9.17, 15) is 14.4 Å². The molecule has 0 N–H and O–H groups in total. The third-order valence-corrected chi connectivity index (χ3v) is 5.33. The van der Waals surface area contributed by atoms with Crippen LogP contribution < -0.4 is 5.56 Å². The van der Waals surface area contributed by atoms with Gasteiger partial charge < -0.3 is 9.80 Å². The molecule has 1 aliphatic rings. The summed E-state index contributed by atoms with van der Waals surface area (Å²) in [6.07, 6.45) is 0.787. The second-order valence-electron chi connectivity index (χ2n) is 7.15. The molecule has 0 radical (unpaired) electrons. The Labute approximate surface area is 169 Å². The molecule has 0 aliphatic carbocycles. The van der Waals surface area contributed by atoms with Crippen molar-refractivity contribution in [2.45, 2.75) is 26.8 Å². The van der Waals surface area contributed by atoms with E-state index in [0.717, 1.165) is 17.6 Å². The number of nitrogens with zero attached hydrogens (tertiary/aromatic N) is 6. The number of hydrogen-bond donors (Lipinski definition) is 0. The lowest BCUT2D eigenvalue weighted by Gasteiger charge is -2.25. The highest BCUT2D eigenvalue weighted by molar-refractivity contribution is 5.79. The fraction of sp³-hybridized carbons (Fsp3) is 0.550. The number of carbonyl (C=O) groups excluding carboxylic acids is 2. The molecule has 0 unspecified atom stereocenters. The highest BCUT2D eigenvalue weighted by Gasteiger charge is 2.22. The fourth-order valence-electron chi connectivity index (χ4n) is 3.60. The number of likely N-dealkylation sites (N-methyl/N-ethyl adjacent to an activating group) is 1. The van der Waals surface area contributed by atoms with Gasteiger partial charge in [0.2, 0.25) is 11.8 Å². The molecule has 0 bridgehead atoms. The highest BCUT2D eigenvalue weighted by atomic mass is 16.2. The Morgan fingerprint density at radius 1 is 1.03 bits per heavy atom. The van der Waals surface area contributed by atoms with Crippen LogP contribution in [0.3, 0.4) is 0 Å². The third kappa shape index (κ3) is 4.97. The number of carbonyl (C=O) groups is 2. The molecule has 1 saturated heterocycles. The zero-order valence-corrected chi connectivity index (χ0v) is 17.1. The first-order chi connectivity index (χ1) is 14.0. The van der Waals surface area contributed by atoms with Gasteiger partial charge in [0.1, 0.15) is 12.1 Å². The first-order valence-corrected chi connectivity index (χ1v) is 10.1. The lowest BCUT2D eigenvalue weighted by atomic mass is 10.2. The van der Waals surface area contributed by atoms with Gasteiger partial charge in [-0.25, -0.2) is 4.68 Å². The molecule has 1 fully saturated rings. The van der Waals surface area contributed by atoms with Crippen LogP contribution in [0.15, 0.2) is 29.1 Å². The van der Waals surface area contributed by atoms with Crippen molar-refractivity contribution in [2.75, 3.05) is 45.8 Å². The number of amides is 2. The van der Waals surface area contributed by atoms with E-state index in [4.69, 9.17) is 0 Å². The van der Waals surface area contributed by atoms with Gasteiger partial charge in [0.15, 0.2) is 0 Å². The van der Waals surface area contributed by atoms with Gasteiger partial charge >= 0.3 is 0 Å². The van der Waals surface area contributed by atoms with Gasteiger partial charge in [-0.05, 0) is 32.4 Å². The van der Waals surface area contributed by atoms with Gasteiger partial charge in [0.05, 0.1) is 11.9 Å². The molecule has 9 heteroatoms. The Bertz CT molecular complexity index is 924. The maximum absolute atomic E-state index is 12.7. The molecule has 2 heterocycles. The molecule has 0 atom stereocenters. The molecule has 1 aliphatic heterocycles. The van der Waals surface area contributed by atoms with E-state index in [1.54, 1.807) is 29.2 Å². The molecular formula is C20H28N6O3.